The first-order valence-corrected chi connectivity index (χ1v) is 8.77. The zero-order valence-electron chi connectivity index (χ0n) is 14.0. The molecule has 0 radical (unpaired) electrons. The number of para-hydroxylation sites is 2. The van der Waals surface area contributed by atoms with E-state index < -0.39 is 17.7 Å². The highest BCUT2D eigenvalue weighted by Crippen LogP contribution is 2.28. The first-order chi connectivity index (χ1) is 11.9. The van der Waals surface area contributed by atoms with Crippen molar-refractivity contribution in [2.75, 3.05) is 6.54 Å². The van der Waals surface area contributed by atoms with Crippen molar-refractivity contribution in [1.29, 1.82) is 0 Å². The van der Waals surface area contributed by atoms with E-state index in [1.807, 2.05) is 6.92 Å². The number of rotatable bonds is 8. The van der Waals surface area contributed by atoms with Crippen LogP contribution in [0.1, 0.15) is 20.3 Å². The van der Waals surface area contributed by atoms with Crippen LogP contribution < -0.4 is 10.6 Å². The minimum atomic E-state index is -2.64. The Kier molecular flexibility index (Phi) is 6.74. The number of imidazole rings is 1. The Balaban J connectivity index is 2.13. The number of hydrogen-bond acceptors (Lipinski definition) is 4. The SMILES string of the molecule is CCCNC(=O)C(C)NC(=O)Cn1c(SC(F)F)nc2ccccc21. The number of aromatic nitrogens is 2. The maximum absolute atomic E-state index is 12.8. The van der Waals surface area contributed by atoms with Gasteiger partial charge in [-0.3, -0.25) is 9.59 Å². The summed E-state index contributed by atoms with van der Waals surface area (Å²) in [7, 11) is 0. The molecular weight excluding hydrogens is 350 g/mol. The largest absolute Gasteiger partial charge is 0.354 e. The summed E-state index contributed by atoms with van der Waals surface area (Å²) in [4.78, 5) is 28.2. The number of amides is 2. The fraction of sp³-hybridized carbons (Fsp3) is 0.438. The molecule has 0 saturated heterocycles. The molecule has 1 heterocycles. The van der Waals surface area contributed by atoms with Gasteiger partial charge in [0.2, 0.25) is 11.8 Å². The first-order valence-electron chi connectivity index (χ1n) is 7.89. The summed E-state index contributed by atoms with van der Waals surface area (Å²) in [5.41, 5.74) is 1.12. The first kappa shape index (κ1) is 19.2. The molecule has 0 bridgehead atoms. The van der Waals surface area contributed by atoms with Gasteiger partial charge in [-0.15, -0.1) is 0 Å². The summed E-state index contributed by atoms with van der Waals surface area (Å²) >= 11 is 0.288. The number of carbonyl (C=O) groups excluding carboxylic acids is 2. The fourth-order valence-corrected chi connectivity index (χ4v) is 2.87. The molecule has 0 aliphatic heterocycles. The van der Waals surface area contributed by atoms with E-state index in [2.05, 4.69) is 15.6 Å². The number of halogens is 2. The van der Waals surface area contributed by atoms with Crippen molar-refractivity contribution in [3.8, 4) is 0 Å². The van der Waals surface area contributed by atoms with Crippen LogP contribution in [0.2, 0.25) is 0 Å². The molecule has 136 valence electrons. The van der Waals surface area contributed by atoms with Crippen molar-refractivity contribution in [3.05, 3.63) is 24.3 Å². The van der Waals surface area contributed by atoms with Crippen molar-refractivity contribution in [1.82, 2.24) is 20.2 Å². The van der Waals surface area contributed by atoms with Crippen LogP contribution in [-0.4, -0.2) is 39.7 Å². The van der Waals surface area contributed by atoms with Gasteiger partial charge in [-0.1, -0.05) is 19.1 Å². The number of nitrogens with zero attached hydrogens (tertiary/aromatic N) is 2. The molecule has 9 heteroatoms. The highest BCUT2D eigenvalue weighted by atomic mass is 32.2. The third-order valence-electron chi connectivity index (χ3n) is 3.44. The summed E-state index contributed by atoms with van der Waals surface area (Å²) in [5, 5.41) is 5.33. The smallest absolute Gasteiger partial charge is 0.291 e. The quantitative estimate of drug-likeness (QED) is 0.700. The molecule has 1 aromatic heterocycles. The van der Waals surface area contributed by atoms with Crippen LogP contribution in [0, 0.1) is 0 Å². The van der Waals surface area contributed by atoms with Crippen molar-refractivity contribution >= 4 is 34.6 Å². The van der Waals surface area contributed by atoms with Crippen molar-refractivity contribution < 1.29 is 18.4 Å². The predicted octanol–water partition coefficient (Wildman–Crippen LogP) is 2.38. The van der Waals surface area contributed by atoms with Crippen LogP contribution in [0.25, 0.3) is 11.0 Å². The monoisotopic (exact) mass is 370 g/mol. The normalized spacial score (nSPS) is 12.4. The molecule has 0 aliphatic carbocycles. The van der Waals surface area contributed by atoms with E-state index in [1.165, 1.54) is 4.57 Å². The molecule has 0 fully saturated rings. The molecule has 2 rings (SSSR count). The number of benzene rings is 1. The average molecular weight is 370 g/mol. The zero-order chi connectivity index (χ0) is 18.4. The van der Waals surface area contributed by atoms with Gasteiger partial charge >= 0.3 is 0 Å². The van der Waals surface area contributed by atoms with E-state index in [0.717, 1.165) is 6.42 Å². The maximum atomic E-state index is 12.8. The van der Waals surface area contributed by atoms with Crippen molar-refractivity contribution in [3.63, 3.8) is 0 Å². The van der Waals surface area contributed by atoms with Crippen molar-refractivity contribution in [2.24, 2.45) is 0 Å². The third kappa shape index (κ3) is 5.15. The van der Waals surface area contributed by atoms with Crippen LogP contribution in [0.5, 0.6) is 0 Å². The summed E-state index contributed by atoms with van der Waals surface area (Å²) in [6.45, 7) is 3.83. The average Bonchev–Trinajstić information content (AvgIpc) is 2.89. The second-order valence-electron chi connectivity index (χ2n) is 5.43. The second-order valence-corrected chi connectivity index (χ2v) is 6.39. The Bertz CT molecular complexity index is 751. The minimum absolute atomic E-state index is 0.0643. The number of nitrogens with one attached hydrogen (secondary N) is 2. The van der Waals surface area contributed by atoms with Gasteiger partial charge < -0.3 is 15.2 Å². The van der Waals surface area contributed by atoms with Crippen LogP contribution >= 0.6 is 11.8 Å². The van der Waals surface area contributed by atoms with Gasteiger partial charge in [0.1, 0.15) is 12.6 Å². The van der Waals surface area contributed by atoms with E-state index in [4.69, 9.17) is 0 Å². The minimum Gasteiger partial charge on any atom is -0.354 e. The van der Waals surface area contributed by atoms with E-state index in [0.29, 0.717) is 17.6 Å². The lowest BCUT2D eigenvalue weighted by Gasteiger charge is -2.15. The molecule has 0 aliphatic rings. The summed E-state index contributed by atoms with van der Waals surface area (Å²) in [5.74, 6) is -3.37. The van der Waals surface area contributed by atoms with Gasteiger partial charge in [0.15, 0.2) is 5.16 Å². The van der Waals surface area contributed by atoms with Gasteiger partial charge in [-0.05, 0) is 37.2 Å². The molecule has 6 nitrogen and oxygen atoms in total. The Labute approximate surface area is 148 Å². The van der Waals surface area contributed by atoms with Gasteiger partial charge in [0.25, 0.3) is 5.76 Å². The summed E-state index contributed by atoms with van der Waals surface area (Å²) in [6, 6.07) is 6.19. The molecule has 2 amide bonds. The van der Waals surface area contributed by atoms with Gasteiger partial charge in [0, 0.05) is 6.54 Å². The molecule has 1 atom stereocenters. The summed E-state index contributed by atoms with van der Waals surface area (Å²) in [6.07, 6.45) is 0.793. The number of thioether (sulfide) groups is 1. The molecular formula is C16H20F2N4O2S. The fourth-order valence-electron chi connectivity index (χ4n) is 2.27. The van der Waals surface area contributed by atoms with Crippen LogP contribution in [-0.2, 0) is 16.1 Å². The third-order valence-corrected chi connectivity index (χ3v) is 4.14. The Morgan fingerprint density at radius 1 is 1.32 bits per heavy atom. The molecule has 2 aromatic rings. The molecule has 1 aromatic carbocycles. The van der Waals surface area contributed by atoms with Crippen molar-refractivity contribution in [2.45, 2.75) is 43.8 Å². The van der Waals surface area contributed by atoms with Crippen LogP contribution in [0.3, 0.4) is 0 Å². The number of carbonyl (C=O) groups is 2. The topological polar surface area (TPSA) is 76.0 Å². The lowest BCUT2D eigenvalue weighted by molar-refractivity contribution is -0.128. The Morgan fingerprint density at radius 3 is 2.72 bits per heavy atom. The highest BCUT2D eigenvalue weighted by Gasteiger charge is 2.20. The van der Waals surface area contributed by atoms with Crippen LogP contribution in [0.4, 0.5) is 8.78 Å². The van der Waals surface area contributed by atoms with Crippen LogP contribution in [0.15, 0.2) is 29.4 Å². The van der Waals surface area contributed by atoms with E-state index >= 15 is 0 Å². The maximum Gasteiger partial charge on any atom is 0.291 e. The van der Waals surface area contributed by atoms with E-state index in [1.54, 1.807) is 31.2 Å². The number of fused-ring (bicyclic) bond motifs is 1. The Hall–Kier alpha value is -2.16. The van der Waals surface area contributed by atoms with Gasteiger partial charge in [-0.2, -0.15) is 8.78 Å². The molecule has 0 saturated carbocycles. The number of alkyl halides is 2. The zero-order valence-corrected chi connectivity index (χ0v) is 14.8. The number of hydrogen-bond donors (Lipinski definition) is 2. The lowest BCUT2D eigenvalue weighted by atomic mass is 10.3. The molecule has 1 unspecified atom stereocenters. The van der Waals surface area contributed by atoms with E-state index in [-0.39, 0.29) is 29.4 Å². The van der Waals surface area contributed by atoms with Gasteiger partial charge in [0.05, 0.1) is 11.0 Å². The standard InChI is InChI=1S/C16H20F2N4O2S/c1-3-8-19-14(24)10(2)20-13(23)9-22-12-7-5-4-6-11(12)21-16(22)25-15(17)18/h4-7,10,15H,3,8-9H2,1-2H3,(H,19,24)(H,20,23). The summed E-state index contributed by atoms with van der Waals surface area (Å²) < 4.78 is 26.9. The Morgan fingerprint density at radius 2 is 2.04 bits per heavy atom. The van der Waals surface area contributed by atoms with E-state index in [9.17, 15) is 18.4 Å². The lowest BCUT2D eigenvalue weighted by Crippen LogP contribution is -2.46. The molecule has 0 spiro atoms. The highest BCUT2D eigenvalue weighted by molar-refractivity contribution is 7.99. The van der Waals surface area contributed by atoms with Gasteiger partial charge in [-0.25, -0.2) is 4.98 Å². The second kappa shape index (κ2) is 8.80. The predicted molar refractivity (Wildman–Crippen MR) is 92.5 cm³/mol. The molecule has 2 N–H and O–H groups in total. The molecule has 25 heavy (non-hydrogen) atoms.